The van der Waals surface area contributed by atoms with E-state index in [4.69, 9.17) is 4.74 Å². The van der Waals surface area contributed by atoms with Crippen LogP contribution in [-0.4, -0.2) is 17.1 Å². The van der Waals surface area contributed by atoms with Crippen LogP contribution in [0, 0.1) is 6.92 Å². The van der Waals surface area contributed by atoms with Gasteiger partial charge in [-0.15, -0.1) is 0 Å². The molecule has 0 unspecified atom stereocenters. The van der Waals surface area contributed by atoms with Crippen LogP contribution in [-0.2, 0) is 12.7 Å². The van der Waals surface area contributed by atoms with Gasteiger partial charge in [-0.25, -0.2) is 0 Å². The summed E-state index contributed by atoms with van der Waals surface area (Å²) in [5.41, 5.74) is 2.81. The molecule has 1 N–H and O–H groups in total. The number of anilines is 1. The van der Waals surface area contributed by atoms with E-state index in [2.05, 4.69) is 5.32 Å². The van der Waals surface area contributed by atoms with Crippen LogP contribution in [0.3, 0.4) is 0 Å². The van der Waals surface area contributed by atoms with E-state index < -0.39 is 11.7 Å². The molecular formula is C26H23F3N2O2. The average Bonchev–Trinajstić information content (AvgIpc) is 3.15. The molecule has 1 aromatic heterocycles. The highest BCUT2D eigenvalue weighted by molar-refractivity contribution is 6.07. The number of hydrogen-bond acceptors (Lipinski definition) is 2. The van der Waals surface area contributed by atoms with E-state index in [-0.39, 0.29) is 12.5 Å². The van der Waals surface area contributed by atoms with Crippen molar-refractivity contribution in [3.63, 3.8) is 0 Å². The molecule has 0 aliphatic heterocycles. The lowest BCUT2D eigenvalue weighted by Gasteiger charge is -2.13. The lowest BCUT2D eigenvalue weighted by atomic mass is 10.1. The van der Waals surface area contributed by atoms with Gasteiger partial charge in [0.1, 0.15) is 11.4 Å². The van der Waals surface area contributed by atoms with Gasteiger partial charge in [0.15, 0.2) is 0 Å². The third-order valence-electron chi connectivity index (χ3n) is 5.37. The van der Waals surface area contributed by atoms with Gasteiger partial charge in [-0.05, 0) is 61.9 Å². The summed E-state index contributed by atoms with van der Waals surface area (Å²) in [6.45, 7) is 4.54. The largest absolute Gasteiger partial charge is 0.493 e. The summed E-state index contributed by atoms with van der Waals surface area (Å²) in [6.07, 6.45) is -4.40. The van der Waals surface area contributed by atoms with Crippen molar-refractivity contribution in [1.82, 2.24) is 4.57 Å². The molecule has 0 aliphatic carbocycles. The van der Waals surface area contributed by atoms with Crippen LogP contribution >= 0.6 is 0 Å². The first kappa shape index (κ1) is 22.5. The Morgan fingerprint density at radius 3 is 2.33 bits per heavy atom. The fourth-order valence-corrected chi connectivity index (χ4v) is 3.71. The third kappa shape index (κ3) is 4.87. The maximum atomic E-state index is 13.2. The Balaban J connectivity index is 1.75. The van der Waals surface area contributed by atoms with Crippen molar-refractivity contribution in [2.24, 2.45) is 0 Å². The average molecular weight is 452 g/mol. The van der Waals surface area contributed by atoms with Gasteiger partial charge in [0.05, 0.1) is 17.7 Å². The van der Waals surface area contributed by atoms with Crippen molar-refractivity contribution in [3.05, 3.63) is 95.2 Å². The number of halogens is 3. The number of carbonyl (C=O) groups is 1. The molecule has 7 heteroatoms. The van der Waals surface area contributed by atoms with Crippen LogP contribution in [0.4, 0.5) is 18.9 Å². The Hall–Kier alpha value is -3.74. The predicted molar refractivity (Wildman–Crippen MR) is 123 cm³/mol. The second kappa shape index (κ2) is 9.02. The van der Waals surface area contributed by atoms with Crippen LogP contribution in [0.1, 0.15) is 34.1 Å². The zero-order valence-electron chi connectivity index (χ0n) is 18.2. The minimum absolute atomic E-state index is 0.230. The van der Waals surface area contributed by atoms with Gasteiger partial charge >= 0.3 is 6.18 Å². The first-order valence-electron chi connectivity index (χ1n) is 10.6. The zero-order chi connectivity index (χ0) is 23.6. The summed E-state index contributed by atoms with van der Waals surface area (Å²) in [4.78, 5) is 13.2. The van der Waals surface area contributed by atoms with Gasteiger partial charge in [0, 0.05) is 17.6 Å². The highest BCUT2D eigenvalue weighted by atomic mass is 19.4. The molecule has 170 valence electrons. The summed E-state index contributed by atoms with van der Waals surface area (Å²) in [5, 5.41) is 3.67. The van der Waals surface area contributed by atoms with Gasteiger partial charge in [0.25, 0.3) is 5.91 Å². The Morgan fingerprint density at radius 1 is 1.00 bits per heavy atom. The lowest BCUT2D eigenvalue weighted by molar-refractivity contribution is -0.137. The van der Waals surface area contributed by atoms with Gasteiger partial charge in [-0.3, -0.25) is 4.79 Å². The number of aryl methyl sites for hydroxylation is 1. The number of amides is 1. The molecule has 0 radical (unpaired) electrons. The van der Waals surface area contributed by atoms with Crippen LogP contribution in [0.5, 0.6) is 5.75 Å². The topological polar surface area (TPSA) is 43.3 Å². The lowest BCUT2D eigenvalue weighted by Crippen LogP contribution is -2.17. The summed E-state index contributed by atoms with van der Waals surface area (Å²) in [6, 6.07) is 19.7. The highest BCUT2D eigenvalue weighted by Crippen LogP contribution is 2.32. The molecule has 1 heterocycles. The van der Waals surface area contributed by atoms with E-state index in [9.17, 15) is 18.0 Å². The standard InChI is InChI=1S/C26H23F3N2O2/c1-3-33-24-6-4-5-22-21(24)15-23(25(32)30-20-13-7-17(2)8-14-20)31(22)16-18-9-11-19(12-10-18)26(27,28)29/h4-15H,3,16H2,1-2H3,(H,30,32). The third-order valence-corrected chi connectivity index (χ3v) is 5.37. The number of fused-ring (bicyclic) bond motifs is 1. The van der Waals surface area contributed by atoms with Crippen molar-refractivity contribution in [1.29, 1.82) is 0 Å². The highest BCUT2D eigenvalue weighted by Gasteiger charge is 2.30. The smallest absolute Gasteiger partial charge is 0.416 e. The van der Waals surface area contributed by atoms with Gasteiger partial charge in [-0.2, -0.15) is 13.2 Å². The van der Waals surface area contributed by atoms with Gasteiger partial charge in [-0.1, -0.05) is 35.9 Å². The van der Waals surface area contributed by atoms with E-state index in [1.165, 1.54) is 12.1 Å². The molecule has 33 heavy (non-hydrogen) atoms. The van der Waals surface area contributed by atoms with E-state index in [1.807, 2.05) is 56.3 Å². The molecule has 1 amide bonds. The predicted octanol–water partition coefficient (Wildman–Crippen LogP) is 6.67. The normalized spacial score (nSPS) is 11.5. The van der Waals surface area contributed by atoms with Crippen molar-refractivity contribution in [3.8, 4) is 5.75 Å². The molecule has 0 bridgehead atoms. The van der Waals surface area contributed by atoms with Crippen LogP contribution in [0.2, 0.25) is 0 Å². The number of aromatic nitrogens is 1. The molecule has 3 aromatic carbocycles. The maximum Gasteiger partial charge on any atom is 0.416 e. The van der Waals surface area contributed by atoms with Crippen LogP contribution in [0.15, 0.2) is 72.8 Å². The summed E-state index contributed by atoms with van der Waals surface area (Å²) in [7, 11) is 0. The van der Waals surface area contributed by atoms with Crippen LogP contribution in [0.25, 0.3) is 10.9 Å². The summed E-state index contributed by atoms with van der Waals surface area (Å²) < 4.78 is 46.4. The monoisotopic (exact) mass is 452 g/mol. The molecule has 0 saturated carbocycles. The quantitative estimate of drug-likeness (QED) is 0.355. The minimum Gasteiger partial charge on any atom is -0.493 e. The molecule has 4 nitrogen and oxygen atoms in total. The van der Waals surface area contributed by atoms with E-state index in [1.54, 1.807) is 10.6 Å². The molecule has 0 aliphatic rings. The fourth-order valence-electron chi connectivity index (χ4n) is 3.71. The van der Waals surface area contributed by atoms with E-state index >= 15 is 0 Å². The Labute approximate surface area is 189 Å². The molecule has 0 saturated heterocycles. The molecule has 0 spiro atoms. The van der Waals surface area contributed by atoms with Crippen molar-refractivity contribution >= 4 is 22.5 Å². The first-order chi connectivity index (χ1) is 15.8. The summed E-state index contributed by atoms with van der Waals surface area (Å²) >= 11 is 0. The Bertz CT molecular complexity index is 1270. The molecule has 4 rings (SSSR count). The van der Waals surface area contributed by atoms with Gasteiger partial charge in [0.2, 0.25) is 0 Å². The summed E-state index contributed by atoms with van der Waals surface area (Å²) in [5.74, 6) is 0.329. The number of hydrogen-bond donors (Lipinski definition) is 1. The molecule has 4 aromatic rings. The number of rotatable bonds is 6. The first-order valence-corrected chi connectivity index (χ1v) is 10.6. The fraction of sp³-hybridized carbons (Fsp3) is 0.192. The van der Waals surface area contributed by atoms with Crippen LogP contribution < -0.4 is 10.1 Å². The second-order valence-corrected chi connectivity index (χ2v) is 7.75. The maximum absolute atomic E-state index is 13.2. The van der Waals surface area contributed by atoms with Crippen molar-refractivity contribution in [2.75, 3.05) is 11.9 Å². The number of alkyl halides is 3. The Morgan fingerprint density at radius 2 is 1.70 bits per heavy atom. The SMILES string of the molecule is CCOc1cccc2c1cc(C(=O)Nc1ccc(C)cc1)n2Cc1ccc(C(F)(F)F)cc1. The van der Waals surface area contributed by atoms with Crippen molar-refractivity contribution in [2.45, 2.75) is 26.6 Å². The zero-order valence-corrected chi connectivity index (χ0v) is 18.2. The molecule has 0 atom stereocenters. The number of carbonyl (C=O) groups excluding carboxylic acids is 1. The Kier molecular flexibility index (Phi) is 6.14. The number of ether oxygens (including phenoxy) is 1. The van der Waals surface area contributed by atoms with Crippen molar-refractivity contribution < 1.29 is 22.7 Å². The number of benzene rings is 3. The second-order valence-electron chi connectivity index (χ2n) is 7.75. The van der Waals surface area contributed by atoms with E-state index in [0.717, 1.165) is 28.6 Å². The molecular weight excluding hydrogens is 429 g/mol. The van der Waals surface area contributed by atoms with E-state index in [0.29, 0.717) is 29.3 Å². The number of nitrogens with zero attached hydrogens (tertiary/aromatic N) is 1. The number of nitrogens with one attached hydrogen (secondary N) is 1. The van der Waals surface area contributed by atoms with Gasteiger partial charge < -0.3 is 14.6 Å². The minimum atomic E-state index is -4.40. The molecule has 0 fully saturated rings.